The molecule has 0 spiro atoms. The number of methoxy groups -OCH3 is 1. The molecule has 0 saturated heterocycles. The Labute approximate surface area is 122 Å². The van der Waals surface area contributed by atoms with Crippen molar-refractivity contribution < 1.29 is 19.0 Å². The Balaban J connectivity index is 2.09. The number of benzene rings is 2. The van der Waals surface area contributed by atoms with Crippen LogP contribution in [0.25, 0.3) is 0 Å². The van der Waals surface area contributed by atoms with Crippen LogP contribution in [0.4, 0.5) is 4.39 Å². The standard InChI is InChI=1S/C17H15FO3/c1-20-15-5-2-6-16(11-15)21-12-13-7-8-17(18)14(10-13)4-3-9-19/h2,5-8,10-11,19H,9,12H2,1H3. The zero-order chi connectivity index (χ0) is 15.1. The summed E-state index contributed by atoms with van der Waals surface area (Å²) in [5.74, 6) is 5.96. The second-order valence-corrected chi connectivity index (χ2v) is 4.24. The molecular formula is C17H15FO3. The lowest BCUT2D eigenvalue weighted by Crippen LogP contribution is -1.97. The monoisotopic (exact) mass is 286 g/mol. The molecule has 0 aliphatic rings. The molecule has 0 radical (unpaired) electrons. The van der Waals surface area contributed by atoms with Gasteiger partial charge >= 0.3 is 0 Å². The lowest BCUT2D eigenvalue weighted by atomic mass is 10.1. The van der Waals surface area contributed by atoms with Crippen LogP contribution in [-0.2, 0) is 6.61 Å². The van der Waals surface area contributed by atoms with E-state index in [0.717, 1.165) is 5.56 Å². The van der Waals surface area contributed by atoms with Gasteiger partial charge in [0.15, 0.2) is 0 Å². The van der Waals surface area contributed by atoms with E-state index in [9.17, 15) is 4.39 Å². The van der Waals surface area contributed by atoms with Crippen LogP contribution in [-0.4, -0.2) is 18.8 Å². The molecule has 0 fully saturated rings. The average molecular weight is 286 g/mol. The molecule has 0 saturated carbocycles. The van der Waals surface area contributed by atoms with E-state index in [2.05, 4.69) is 11.8 Å². The second-order valence-electron chi connectivity index (χ2n) is 4.24. The topological polar surface area (TPSA) is 38.7 Å². The molecule has 0 aliphatic carbocycles. The SMILES string of the molecule is COc1cccc(OCc2ccc(F)c(C#CCO)c2)c1. The summed E-state index contributed by atoms with van der Waals surface area (Å²) in [5, 5.41) is 8.66. The van der Waals surface area contributed by atoms with Crippen molar-refractivity contribution in [2.75, 3.05) is 13.7 Å². The average Bonchev–Trinajstić information content (AvgIpc) is 2.53. The van der Waals surface area contributed by atoms with E-state index >= 15 is 0 Å². The molecule has 0 amide bonds. The number of ether oxygens (including phenoxy) is 2. The third-order valence-electron chi connectivity index (χ3n) is 2.78. The summed E-state index contributed by atoms with van der Waals surface area (Å²) in [6, 6.07) is 11.8. The van der Waals surface area contributed by atoms with Crippen molar-refractivity contribution in [2.24, 2.45) is 0 Å². The van der Waals surface area contributed by atoms with Gasteiger partial charge in [0.05, 0.1) is 12.7 Å². The summed E-state index contributed by atoms with van der Waals surface area (Å²) in [5.41, 5.74) is 1.04. The van der Waals surface area contributed by atoms with Gasteiger partial charge in [0.25, 0.3) is 0 Å². The van der Waals surface area contributed by atoms with Crippen molar-refractivity contribution >= 4 is 0 Å². The van der Waals surface area contributed by atoms with Gasteiger partial charge in [-0.2, -0.15) is 0 Å². The molecule has 0 atom stereocenters. The molecule has 108 valence electrons. The van der Waals surface area contributed by atoms with Crippen LogP contribution in [0.5, 0.6) is 11.5 Å². The number of halogens is 1. The summed E-state index contributed by atoms with van der Waals surface area (Å²) in [7, 11) is 1.59. The fraction of sp³-hybridized carbons (Fsp3) is 0.176. The Morgan fingerprint density at radius 2 is 1.95 bits per heavy atom. The maximum atomic E-state index is 13.5. The zero-order valence-electron chi connectivity index (χ0n) is 11.6. The smallest absolute Gasteiger partial charge is 0.138 e. The van der Waals surface area contributed by atoms with Gasteiger partial charge in [-0.3, -0.25) is 0 Å². The first kappa shape index (κ1) is 14.9. The Bertz CT molecular complexity index is 671. The van der Waals surface area contributed by atoms with Crippen LogP contribution in [0.1, 0.15) is 11.1 Å². The number of aliphatic hydroxyl groups excluding tert-OH is 1. The van der Waals surface area contributed by atoms with Crippen molar-refractivity contribution in [2.45, 2.75) is 6.61 Å². The van der Waals surface area contributed by atoms with Crippen molar-refractivity contribution in [1.29, 1.82) is 0 Å². The first-order valence-corrected chi connectivity index (χ1v) is 6.38. The number of rotatable bonds is 4. The van der Waals surface area contributed by atoms with Gasteiger partial charge in [-0.05, 0) is 29.8 Å². The third-order valence-corrected chi connectivity index (χ3v) is 2.78. The first-order chi connectivity index (χ1) is 10.2. The third kappa shape index (κ3) is 4.23. The van der Waals surface area contributed by atoms with E-state index in [0.29, 0.717) is 18.1 Å². The molecule has 0 unspecified atom stereocenters. The van der Waals surface area contributed by atoms with Crippen LogP contribution in [0, 0.1) is 17.7 Å². The van der Waals surface area contributed by atoms with Gasteiger partial charge < -0.3 is 14.6 Å². The van der Waals surface area contributed by atoms with Gasteiger partial charge in [0.1, 0.15) is 30.5 Å². The molecule has 2 rings (SSSR count). The predicted octanol–water partition coefficient (Wildman–Crippen LogP) is 2.76. The minimum atomic E-state index is -0.416. The molecule has 2 aromatic carbocycles. The summed E-state index contributed by atoms with van der Waals surface area (Å²) in [6.07, 6.45) is 0. The molecule has 1 N–H and O–H groups in total. The van der Waals surface area contributed by atoms with E-state index in [1.165, 1.54) is 6.07 Å². The zero-order valence-corrected chi connectivity index (χ0v) is 11.6. The largest absolute Gasteiger partial charge is 0.497 e. The number of hydrogen-bond acceptors (Lipinski definition) is 3. The Morgan fingerprint density at radius 3 is 2.71 bits per heavy atom. The van der Waals surface area contributed by atoms with E-state index in [4.69, 9.17) is 14.6 Å². The van der Waals surface area contributed by atoms with Gasteiger partial charge in [0, 0.05) is 6.07 Å². The maximum Gasteiger partial charge on any atom is 0.138 e. The van der Waals surface area contributed by atoms with Gasteiger partial charge in [-0.15, -0.1) is 0 Å². The van der Waals surface area contributed by atoms with Crippen molar-refractivity contribution in [1.82, 2.24) is 0 Å². The summed E-state index contributed by atoms with van der Waals surface area (Å²) >= 11 is 0. The fourth-order valence-electron chi connectivity index (χ4n) is 1.75. The fourth-order valence-corrected chi connectivity index (χ4v) is 1.75. The molecule has 0 heterocycles. The summed E-state index contributed by atoms with van der Waals surface area (Å²) < 4.78 is 24.3. The van der Waals surface area contributed by atoms with Crippen LogP contribution in [0.15, 0.2) is 42.5 Å². The minimum absolute atomic E-state index is 0.246. The quantitative estimate of drug-likeness (QED) is 0.878. The Morgan fingerprint density at radius 1 is 1.14 bits per heavy atom. The van der Waals surface area contributed by atoms with Gasteiger partial charge in [-0.25, -0.2) is 4.39 Å². The maximum absolute atomic E-state index is 13.5. The lowest BCUT2D eigenvalue weighted by Gasteiger charge is -2.08. The molecule has 4 heteroatoms. The van der Waals surface area contributed by atoms with Crippen molar-refractivity contribution in [3.8, 4) is 23.3 Å². The first-order valence-electron chi connectivity index (χ1n) is 6.38. The van der Waals surface area contributed by atoms with Crippen LogP contribution >= 0.6 is 0 Å². The molecule has 3 nitrogen and oxygen atoms in total. The normalized spacial score (nSPS) is 9.67. The van der Waals surface area contributed by atoms with Crippen molar-refractivity contribution in [3.05, 3.63) is 59.4 Å². The van der Waals surface area contributed by atoms with Crippen LogP contribution < -0.4 is 9.47 Å². The molecule has 0 aromatic heterocycles. The van der Waals surface area contributed by atoms with Crippen LogP contribution in [0.3, 0.4) is 0 Å². The van der Waals surface area contributed by atoms with E-state index in [1.807, 2.05) is 18.2 Å². The van der Waals surface area contributed by atoms with Gasteiger partial charge in [0.2, 0.25) is 0 Å². The summed E-state index contributed by atoms with van der Waals surface area (Å²) in [4.78, 5) is 0. The summed E-state index contributed by atoms with van der Waals surface area (Å²) in [6.45, 7) is -0.00870. The highest BCUT2D eigenvalue weighted by atomic mass is 19.1. The molecule has 2 aromatic rings. The van der Waals surface area contributed by atoms with E-state index < -0.39 is 5.82 Å². The Kier molecular flexibility index (Phi) is 5.19. The molecule has 0 bridgehead atoms. The highest BCUT2D eigenvalue weighted by molar-refractivity contribution is 5.39. The molecule has 21 heavy (non-hydrogen) atoms. The van der Waals surface area contributed by atoms with E-state index in [1.54, 1.807) is 25.3 Å². The van der Waals surface area contributed by atoms with Gasteiger partial charge in [-0.1, -0.05) is 24.0 Å². The molecule has 0 aliphatic heterocycles. The predicted molar refractivity (Wildman–Crippen MR) is 77.7 cm³/mol. The van der Waals surface area contributed by atoms with Crippen molar-refractivity contribution in [3.63, 3.8) is 0 Å². The highest BCUT2D eigenvalue weighted by Gasteiger charge is 2.03. The highest BCUT2D eigenvalue weighted by Crippen LogP contribution is 2.20. The van der Waals surface area contributed by atoms with E-state index in [-0.39, 0.29) is 12.2 Å². The molecular weight excluding hydrogens is 271 g/mol. The minimum Gasteiger partial charge on any atom is -0.497 e. The number of hydrogen-bond donors (Lipinski definition) is 1. The van der Waals surface area contributed by atoms with Crippen LogP contribution in [0.2, 0.25) is 0 Å². The lowest BCUT2D eigenvalue weighted by molar-refractivity contribution is 0.303. The Hall–Kier alpha value is -2.51. The second kappa shape index (κ2) is 7.32. The number of aliphatic hydroxyl groups is 1.